The van der Waals surface area contributed by atoms with Crippen LogP contribution < -0.4 is 10.6 Å². The number of guanidine groups is 1. The molecule has 1 aromatic heterocycles. The summed E-state index contributed by atoms with van der Waals surface area (Å²) in [5.41, 5.74) is 0. The second-order valence-electron chi connectivity index (χ2n) is 5.24. The number of hydrogen-bond acceptors (Lipinski definition) is 3. The highest BCUT2D eigenvalue weighted by Crippen LogP contribution is 2.27. The normalized spacial score (nSPS) is 21.2. The van der Waals surface area contributed by atoms with E-state index in [1.807, 2.05) is 30.0 Å². The largest absolute Gasteiger partial charge is 0.469 e. The fourth-order valence-electron chi connectivity index (χ4n) is 2.53. The Morgan fingerprint density at radius 2 is 2.41 bits per heavy atom. The van der Waals surface area contributed by atoms with Crippen LogP contribution in [0.1, 0.15) is 25.0 Å². The van der Waals surface area contributed by atoms with Gasteiger partial charge in [0.1, 0.15) is 5.76 Å². The Morgan fingerprint density at radius 1 is 1.55 bits per heavy atom. The Bertz CT molecular complexity index is 450. The van der Waals surface area contributed by atoms with Gasteiger partial charge in [-0.25, -0.2) is 0 Å². The average Bonchev–Trinajstić information content (AvgIpc) is 3.15. The van der Waals surface area contributed by atoms with Gasteiger partial charge in [-0.15, -0.1) is 30.6 Å². The highest BCUT2D eigenvalue weighted by atomic mass is 127. The van der Waals surface area contributed by atoms with Crippen molar-refractivity contribution in [1.82, 2.24) is 10.6 Å². The zero-order chi connectivity index (χ0) is 14.9. The molecule has 0 saturated heterocycles. The summed E-state index contributed by atoms with van der Waals surface area (Å²) < 4.78 is 5.33. The predicted octanol–water partition coefficient (Wildman–Crippen LogP) is 3.45. The van der Waals surface area contributed by atoms with Crippen molar-refractivity contribution < 1.29 is 4.42 Å². The summed E-state index contributed by atoms with van der Waals surface area (Å²) in [5, 5.41) is 7.62. The minimum atomic E-state index is 0. The van der Waals surface area contributed by atoms with Crippen molar-refractivity contribution >= 4 is 41.7 Å². The smallest absolute Gasteiger partial charge is 0.191 e. The molecule has 2 rings (SSSR count). The van der Waals surface area contributed by atoms with Crippen molar-refractivity contribution in [3.63, 3.8) is 0 Å². The van der Waals surface area contributed by atoms with Crippen LogP contribution in [-0.4, -0.2) is 36.6 Å². The molecule has 1 heterocycles. The van der Waals surface area contributed by atoms with Crippen molar-refractivity contribution in [2.75, 3.05) is 19.3 Å². The summed E-state index contributed by atoms with van der Waals surface area (Å²) in [5.74, 6) is 1.86. The maximum Gasteiger partial charge on any atom is 0.191 e. The second-order valence-corrected chi connectivity index (χ2v) is 6.38. The lowest BCUT2D eigenvalue weighted by molar-refractivity contribution is 0.510. The molecule has 0 radical (unpaired) electrons. The van der Waals surface area contributed by atoms with Crippen molar-refractivity contribution in [3.8, 4) is 0 Å². The number of thioether (sulfide) groups is 1. The molecule has 1 fully saturated rings. The highest BCUT2D eigenvalue weighted by molar-refractivity contribution is 14.0. The molecule has 0 aromatic carbocycles. The Balaban J connectivity index is 0.00000242. The van der Waals surface area contributed by atoms with Crippen LogP contribution in [0.4, 0.5) is 0 Å². The molecule has 6 heteroatoms. The summed E-state index contributed by atoms with van der Waals surface area (Å²) in [6.07, 6.45) is 10.3. The van der Waals surface area contributed by atoms with Crippen LogP contribution in [0.2, 0.25) is 0 Å². The molecule has 4 nitrogen and oxygen atoms in total. The summed E-state index contributed by atoms with van der Waals surface area (Å²) in [4.78, 5) is 4.63. The molecule has 1 aromatic rings. The number of furan rings is 1. The minimum absolute atomic E-state index is 0. The first-order chi connectivity index (χ1) is 10.3. The summed E-state index contributed by atoms with van der Waals surface area (Å²) in [6, 6.07) is 4.43. The van der Waals surface area contributed by atoms with E-state index in [9.17, 15) is 0 Å². The molecule has 0 amide bonds. The first-order valence-corrected chi connectivity index (χ1v) is 8.81. The van der Waals surface area contributed by atoms with E-state index in [4.69, 9.17) is 4.42 Å². The van der Waals surface area contributed by atoms with E-state index in [-0.39, 0.29) is 24.0 Å². The van der Waals surface area contributed by atoms with Crippen LogP contribution in [0.5, 0.6) is 0 Å². The van der Waals surface area contributed by atoms with Crippen molar-refractivity contribution in [2.24, 2.45) is 4.99 Å². The molecule has 2 atom stereocenters. The number of nitrogens with zero attached hydrogens (tertiary/aromatic N) is 1. The maximum absolute atomic E-state index is 5.33. The van der Waals surface area contributed by atoms with Crippen LogP contribution in [0.15, 0.2) is 40.5 Å². The van der Waals surface area contributed by atoms with Gasteiger partial charge in [-0.3, -0.25) is 4.99 Å². The Hall–Kier alpha value is -0.630. The third-order valence-corrected chi connectivity index (χ3v) is 4.78. The Morgan fingerprint density at radius 3 is 3.05 bits per heavy atom. The van der Waals surface area contributed by atoms with Crippen molar-refractivity contribution in [3.05, 3.63) is 36.8 Å². The van der Waals surface area contributed by atoms with Gasteiger partial charge in [0.05, 0.1) is 6.26 Å². The predicted molar refractivity (Wildman–Crippen MR) is 106 cm³/mol. The molecule has 2 unspecified atom stereocenters. The number of hydrogen-bond donors (Lipinski definition) is 2. The lowest BCUT2D eigenvalue weighted by Gasteiger charge is -2.17. The molecule has 1 saturated carbocycles. The second kappa shape index (κ2) is 11.0. The number of aliphatic imine (C=N–C) groups is 1. The molecule has 124 valence electrons. The summed E-state index contributed by atoms with van der Waals surface area (Å²) >= 11 is 1.97. The lowest BCUT2D eigenvalue weighted by atomic mass is 10.2. The molecule has 0 spiro atoms. The van der Waals surface area contributed by atoms with E-state index >= 15 is 0 Å². The van der Waals surface area contributed by atoms with Gasteiger partial charge in [0, 0.05) is 30.8 Å². The molecular formula is C16H26IN3OS. The van der Waals surface area contributed by atoms with E-state index in [2.05, 4.69) is 28.5 Å². The molecule has 1 aliphatic carbocycles. The van der Waals surface area contributed by atoms with Gasteiger partial charge in [-0.05, 0) is 37.7 Å². The Kier molecular flexibility index (Phi) is 9.70. The van der Waals surface area contributed by atoms with Crippen LogP contribution in [0, 0.1) is 0 Å². The average molecular weight is 435 g/mol. The van der Waals surface area contributed by atoms with E-state index in [1.165, 1.54) is 19.3 Å². The number of rotatable bonds is 7. The third-order valence-electron chi connectivity index (χ3n) is 3.68. The quantitative estimate of drug-likeness (QED) is 0.298. The monoisotopic (exact) mass is 435 g/mol. The van der Waals surface area contributed by atoms with Crippen LogP contribution in [0.25, 0.3) is 0 Å². The molecule has 0 aliphatic heterocycles. The zero-order valence-corrected chi connectivity index (χ0v) is 16.2. The number of nitrogens with one attached hydrogen (secondary N) is 2. The van der Waals surface area contributed by atoms with Gasteiger partial charge in [-0.2, -0.15) is 11.8 Å². The standard InChI is InChI=1S/C16H25N3OS.HI/c1-3-9-17-16(18-10-8-14-5-4-11-20-14)19-13-6-7-15(12-13)21-2;/h3-5,11,13,15H,1,6-10,12H2,2H3,(H2,17,18,19);1H. The molecule has 2 N–H and O–H groups in total. The first kappa shape index (κ1) is 19.4. The fraction of sp³-hybridized carbons (Fsp3) is 0.562. The fourth-order valence-corrected chi connectivity index (χ4v) is 3.33. The van der Waals surface area contributed by atoms with Gasteiger partial charge < -0.3 is 15.1 Å². The number of halogens is 1. The van der Waals surface area contributed by atoms with E-state index in [1.54, 1.807) is 6.26 Å². The molecule has 22 heavy (non-hydrogen) atoms. The third kappa shape index (κ3) is 6.64. The molecular weight excluding hydrogens is 409 g/mol. The van der Waals surface area contributed by atoms with Gasteiger partial charge >= 0.3 is 0 Å². The van der Waals surface area contributed by atoms with Gasteiger partial charge in [0.25, 0.3) is 0 Å². The first-order valence-electron chi connectivity index (χ1n) is 7.52. The van der Waals surface area contributed by atoms with E-state index in [0.717, 1.165) is 36.5 Å². The Labute approximate surface area is 154 Å². The van der Waals surface area contributed by atoms with Gasteiger partial charge in [0.2, 0.25) is 0 Å². The molecule has 0 bridgehead atoms. The van der Waals surface area contributed by atoms with E-state index < -0.39 is 0 Å². The summed E-state index contributed by atoms with van der Waals surface area (Å²) in [7, 11) is 0. The van der Waals surface area contributed by atoms with Gasteiger partial charge in [-0.1, -0.05) is 6.08 Å². The molecule has 1 aliphatic rings. The van der Waals surface area contributed by atoms with Crippen molar-refractivity contribution in [1.29, 1.82) is 0 Å². The summed E-state index contributed by atoms with van der Waals surface area (Å²) in [6.45, 7) is 5.20. The highest BCUT2D eigenvalue weighted by Gasteiger charge is 2.24. The topological polar surface area (TPSA) is 49.6 Å². The zero-order valence-electron chi connectivity index (χ0n) is 13.1. The van der Waals surface area contributed by atoms with Crippen molar-refractivity contribution in [2.45, 2.75) is 37.0 Å². The van der Waals surface area contributed by atoms with Gasteiger partial charge in [0.15, 0.2) is 5.96 Å². The lowest BCUT2D eigenvalue weighted by Crippen LogP contribution is -2.42. The van der Waals surface area contributed by atoms with Crippen LogP contribution >= 0.6 is 35.7 Å². The van der Waals surface area contributed by atoms with Crippen LogP contribution in [0.3, 0.4) is 0 Å². The minimum Gasteiger partial charge on any atom is -0.469 e. The van der Waals surface area contributed by atoms with Crippen LogP contribution in [-0.2, 0) is 6.42 Å². The SMILES string of the molecule is C=CCNC(=NCCc1ccco1)NC1CCC(SC)C1.I. The maximum atomic E-state index is 5.33. The van der Waals surface area contributed by atoms with E-state index in [0.29, 0.717) is 6.04 Å².